The highest BCUT2D eigenvalue weighted by Gasteiger charge is 2.21. The van der Waals surface area contributed by atoms with Gasteiger partial charge in [-0.05, 0) is 24.6 Å². The standard InChI is InChI=1S/C19H17FN6O/c1-2-15(16-11-26-8-4-7-21-19(26)24-16)23-18(27)14-10-22-25-17(14)12-5-3-6-13(20)9-12/h3-11,15H,2H2,1H3,(H,22,25)(H,23,27)/t15-/m1/s1. The van der Waals surface area contributed by atoms with Gasteiger partial charge in [0.1, 0.15) is 5.82 Å². The molecule has 0 bridgehead atoms. The number of aromatic amines is 1. The molecule has 0 aliphatic rings. The highest BCUT2D eigenvalue weighted by molar-refractivity contribution is 5.99. The van der Waals surface area contributed by atoms with Crippen LogP contribution in [0.15, 0.2) is 55.1 Å². The third-order valence-electron chi connectivity index (χ3n) is 4.32. The van der Waals surface area contributed by atoms with E-state index in [2.05, 4.69) is 25.5 Å². The molecule has 1 atom stereocenters. The van der Waals surface area contributed by atoms with E-state index < -0.39 is 0 Å². The molecule has 0 aliphatic carbocycles. The lowest BCUT2D eigenvalue weighted by atomic mass is 10.1. The summed E-state index contributed by atoms with van der Waals surface area (Å²) in [5, 5.41) is 9.70. The quantitative estimate of drug-likeness (QED) is 0.569. The molecule has 0 spiro atoms. The SMILES string of the molecule is CC[C@@H](NC(=O)c1cn[nH]c1-c1cccc(F)c1)c1cn2cccnc2n1. The van der Waals surface area contributed by atoms with Crippen molar-refractivity contribution in [1.29, 1.82) is 0 Å². The number of carbonyl (C=O) groups is 1. The van der Waals surface area contributed by atoms with Crippen LogP contribution in [0.5, 0.6) is 0 Å². The van der Waals surface area contributed by atoms with Gasteiger partial charge >= 0.3 is 0 Å². The number of hydrogen-bond acceptors (Lipinski definition) is 4. The van der Waals surface area contributed by atoms with Gasteiger partial charge in [0.15, 0.2) is 0 Å². The molecule has 2 N–H and O–H groups in total. The summed E-state index contributed by atoms with van der Waals surface area (Å²) in [5.74, 6) is -0.110. The lowest BCUT2D eigenvalue weighted by molar-refractivity contribution is 0.0935. The van der Waals surface area contributed by atoms with Gasteiger partial charge in [0.25, 0.3) is 5.91 Å². The summed E-state index contributed by atoms with van der Waals surface area (Å²) in [6, 6.07) is 7.55. The molecule has 3 aromatic heterocycles. The minimum Gasteiger partial charge on any atom is -0.343 e. The molecule has 4 aromatic rings. The lowest BCUT2D eigenvalue weighted by Crippen LogP contribution is -2.28. The maximum atomic E-state index is 13.5. The van der Waals surface area contributed by atoms with Gasteiger partial charge in [0.05, 0.1) is 29.2 Å². The summed E-state index contributed by atoms with van der Waals surface area (Å²) in [5.41, 5.74) is 2.10. The van der Waals surface area contributed by atoms with Crippen molar-refractivity contribution in [3.63, 3.8) is 0 Å². The van der Waals surface area contributed by atoms with Gasteiger partial charge < -0.3 is 5.32 Å². The second-order valence-corrected chi connectivity index (χ2v) is 6.10. The van der Waals surface area contributed by atoms with E-state index in [4.69, 9.17) is 0 Å². The molecule has 0 unspecified atom stereocenters. The largest absolute Gasteiger partial charge is 0.343 e. The Kier molecular flexibility index (Phi) is 4.37. The number of amides is 1. The average molecular weight is 364 g/mol. The maximum absolute atomic E-state index is 13.5. The van der Waals surface area contributed by atoms with E-state index in [1.165, 1.54) is 18.3 Å². The lowest BCUT2D eigenvalue weighted by Gasteiger charge is -2.14. The van der Waals surface area contributed by atoms with Crippen LogP contribution in [-0.4, -0.2) is 30.5 Å². The number of nitrogens with zero attached hydrogens (tertiary/aromatic N) is 4. The molecular formula is C19H17FN6O. The molecule has 0 aliphatic heterocycles. The van der Waals surface area contributed by atoms with Crippen LogP contribution in [0.4, 0.5) is 4.39 Å². The number of hydrogen-bond donors (Lipinski definition) is 2. The van der Waals surface area contributed by atoms with Gasteiger partial charge in [0, 0.05) is 24.2 Å². The van der Waals surface area contributed by atoms with Crippen LogP contribution >= 0.6 is 0 Å². The summed E-state index contributed by atoms with van der Waals surface area (Å²) in [7, 11) is 0. The van der Waals surface area contributed by atoms with Crippen LogP contribution in [0, 0.1) is 5.82 Å². The first-order valence-electron chi connectivity index (χ1n) is 8.55. The van der Waals surface area contributed by atoms with Gasteiger partial charge in [-0.25, -0.2) is 14.4 Å². The molecule has 7 nitrogen and oxygen atoms in total. The molecule has 0 saturated carbocycles. The minimum atomic E-state index is -0.378. The number of fused-ring (bicyclic) bond motifs is 1. The van der Waals surface area contributed by atoms with Crippen LogP contribution in [0.1, 0.15) is 35.4 Å². The van der Waals surface area contributed by atoms with Crippen molar-refractivity contribution in [3.05, 3.63) is 72.2 Å². The smallest absolute Gasteiger partial charge is 0.255 e. The molecule has 0 radical (unpaired) electrons. The zero-order chi connectivity index (χ0) is 18.8. The third-order valence-corrected chi connectivity index (χ3v) is 4.32. The Bertz CT molecular complexity index is 1070. The molecule has 1 amide bonds. The zero-order valence-corrected chi connectivity index (χ0v) is 14.6. The first-order valence-corrected chi connectivity index (χ1v) is 8.55. The van der Waals surface area contributed by atoms with Gasteiger partial charge in [-0.1, -0.05) is 19.1 Å². The Morgan fingerprint density at radius 2 is 2.26 bits per heavy atom. The van der Waals surface area contributed by atoms with Crippen LogP contribution in [-0.2, 0) is 0 Å². The van der Waals surface area contributed by atoms with Crippen LogP contribution in [0.3, 0.4) is 0 Å². The molecule has 8 heteroatoms. The van der Waals surface area contributed by atoms with Gasteiger partial charge in [-0.15, -0.1) is 0 Å². The monoisotopic (exact) mass is 364 g/mol. The van der Waals surface area contributed by atoms with Gasteiger partial charge in [-0.2, -0.15) is 5.10 Å². The van der Waals surface area contributed by atoms with E-state index in [9.17, 15) is 9.18 Å². The van der Waals surface area contributed by atoms with Crippen molar-refractivity contribution in [2.45, 2.75) is 19.4 Å². The Labute approximate surface area is 154 Å². The molecule has 3 heterocycles. The number of rotatable bonds is 5. The fourth-order valence-corrected chi connectivity index (χ4v) is 2.96. The fourth-order valence-electron chi connectivity index (χ4n) is 2.96. The molecule has 136 valence electrons. The van der Waals surface area contributed by atoms with Crippen molar-refractivity contribution in [1.82, 2.24) is 29.9 Å². The van der Waals surface area contributed by atoms with Gasteiger partial charge in [0.2, 0.25) is 5.78 Å². The van der Waals surface area contributed by atoms with E-state index in [0.717, 1.165) is 5.69 Å². The summed E-state index contributed by atoms with van der Waals surface area (Å²) in [6.45, 7) is 1.96. The topological polar surface area (TPSA) is 88.0 Å². The van der Waals surface area contributed by atoms with Crippen molar-refractivity contribution >= 4 is 11.7 Å². The number of imidazole rings is 1. The van der Waals surface area contributed by atoms with E-state index in [1.807, 2.05) is 25.4 Å². The van der Waals surface area contributed by atoms with Crippen molar-refractivity contribution in [2.24, 2.45) is 0 Å². The number of benzene rings is 1. The van der Waals surface area contributed by atoms with Gasteiger partial charge in [-0.3, -0.25) is 14.3 Å². The minimum absolute atomic E-state index is 0.283. The zero-order valence-electron chi connectivity index (χ0n) is 14.6. The number of halogens is 1. The Morgan fingerprint density at radius 1 is 1.37 bits per heavy atom. The number of carbonyl (C=O) groups excluding carboxylic acids is 1. The van der Waals surface area contributed by atoms with Crippen LogP contribution < -0.4 is 5.32 Å². The summed E-state index contributed by atoms with van der Waals surface area (Å²) >= 11 is 0. The molecule has 0 fully saturated rings. The molecular weight excluding hydrogens is 347 g/mol. The maximum Gasteiger partial charge on any atom is 0.255 e. The predicted molar refractivity (Wildman–Crippen MR) is 97.5 cm³/mol. The summed E-state index contributed by atoms with van der Waals surface area (Å²) < 4.78 is 15.3. The molecule has 0 saturated heterocycles. The predicted octanol–water partition coefficient (Wildman–Crippen LogP) is 3.14. The van der Waals surface area contributed by atoms with E-state index in [-0.39, 0.29) is 17.8 Å². The van der Waals surface area contributed by atoms with Crippen LogP contribution in [0.25, 0.3) is 17.0 Å². The second kappa shape index (κ2) is 6.99. The summed E-state index contributed by atoms with van der Waals surface area (Å²) in [6.07, 6.45) is 7.46. The highest BCUT2D eigenvalue weighted by Crippen LogP contribution is 2.23. The number of H-pyrrole nitrogens is 1. The van der Waals surface area contributed by atoms with Crippen molar-refractivity contribution in [2.75, 3.05) is 0 Å². The fraction of sp³-hybridized carbons (Fsp3) is 0.158. The normalized spacial score (nSPS) is 12.2. The number of nitrogens with one attached hydrogen (secondary N) is 2. The number of aromatic nitrogens is 5. The molecule has 4 rings (SSSR count). The summed E-state index contributed by atoms with van der Waals surface area (Å²) in [4.78, 5) is 21.5. The molecule has 1 aromatic carbocycles. The van der Waals surface area contributed by atoms with E-state index in [1.54, 1.807) is 22.7 Å². The van der Waals surface area contributed by atoms with Crippen molar-refractivity contribution in [3.8, 4) is 11.3 Å². The van der Waals surface area contributed by atoms with Crippen LogP contribution in [0.2, 0.25) is 0 Å². The molecule has 27 heavy (non-hydrogen) atoms. The Morgan fingerprint density at radius 3 is 3.04 bits per heavy atom. The highest BCUT2D eigenvalue weighted by atomic mass is 19.1. The average Bonchev–Trinajstić information content (AvgIpc) is 3.32. The first kappa shape index (κ1) is 16.9. The van der Waals surface area contributed by atoms with E-state index >= 15 is 0 Å². The third kappa shape index (κ3) is 3.29. The van der Waals surface area contributed by atoms with Crippen molar-refractivity contribution < 1.29 is 9.18 Å². The first-order chi connectivity index (χ1) is 13.2. The Balaban J connectivity index is 1.61. The second-order valence-electron chi connectivity index (χ2n) is 6.10. The van der Waals surface area contributed by atoms with E-state index in [0.29, 0.717) is 29.0 Å². The Hall–Kier alpha value is -3.55.